The van der Waals surface area contributed by atoms with Crippen LogP contribution in [0.25, 0.3) is 0 Å². The summed E-state index contributed by atoms with van der Waals surface area (Å²) >= 11 is 1.59. The minimum absolute atomic E-state index is 0.0758. The number of hydrogen-bond acceptors (Lipinski definition) is 4. The van der Waals surface area contributed by atoms with E-state index in [0.717, 1.165) is 28.3 Å². The Morgan fingerprint density at radius 2 is 1.67 bits per heavy atom. The molecule has 1 N–H and O–H groups in total. The molecule has 0 spiro atoms. The van der Waals surface area contributed by atoms with Gasteiger partial charge in [0.15, 0.2) is 0 Å². The zero-order valence-electron chi connectivity index (χ0n) is 16.8. The number of benzene rings is 3. The Morgan fingerprint density at radius 1 is 1.00 bits per heavy atom. The first-order valence-electron chi connectivity index (χ1n) is 9.61. The summed E-state index contributed by atoms with van der Waals surface area (Å²) in [5.41, 5.74) is 4.30. The molecule has 1 fully saturated rings. The first-order valence-corrected chi connectivity index (χ1v) is 10.7. The number of anilines is 2. The van der Waals surface area contributed by atoms with E-state index >= 15 is 0 Å². The molecule has 1 heterocycles. The zero-order chi connectivity index (χ0) is 21.1. The molecule has 2 amide bonds. The largest absolute Gasteiger partial charge is 0.497 e. The fraction of sp³-hybridized carbons (Fsp3) is 0.167. The highest BCUT2D eigenvalue weighted by atomic mass is 32.2. The predicted molar refractivity (Wildman–Crippen MR) is 121 cm³/mol. The summed E-state index contributed by atoms with van der Waals surface area (Å²) in [4.78, 5) is 26.8. The fourth-order valence-electron chi connectivity index (χ4n) is 3.33. The molecule has 0 aromatic heterocycles. The molecule has 3 aromatic carbocycles. The van der Waals surface area contributed by atoms with Crippen LogP contribution >= 0.6 is 11.8 Å². The molecule has 0 bridgehead atoms. The second-order valence-electron chi connectivity index (χ2n) is 7.07. The van der Waals surface area contributed by atoms with Gasteiger partial charge in [-0.1, -0.05) is 29.8 Å². The van der Waals surface area contributed by atoms with Gasteiger partial charge in [-0.05, 0) is 61.0 Å². The smallest absolute Gasteiger partial charge is 0.255 e. The van der Waals surface area contributed by atoms with Crippen LogP contribution in [0.1, 0.15) is 26.9 Å². The summed E-state index contributed by atoms with van der Waals surface area (Å²) < 4.78 is 5.21. The van der Waals surface area contributed by atoms with Crippen LogP contribution in [0.4, 0.5) is 11.4 Å². The first-order chi connectivity index (χ1) is 14.5. The first kappa shape index (κ1) is 20.0. The number of carbonyl (C=O) groups is 2. The van der Waals surface area contributed by atoms with E-state index in [9.17, 15) is 9.59 Å². The van der Waals surface area contributed by atoms with Crippen molar-refractivity contribution < 1.29 is 14.3 Å². The topological polar surface area (TPSA) is 58.6 Å². The standard InChI is InChI=1S/C24H22N2O3S/c1-16-3-5-17(6-4-16)23(28)25-19-9-7-18(8-10-19)24-26(22(27)15-30-24)20-11-13-21(29-2)14-12-20/h3-14,24H,15H2,1-2H3,(H,25,28). The number of aryl methyl sites for hydroxylation is 1. The lowest BCUT2D eigenvalue weighted by Gasteiger charge is -2.24. The average Bonchev–Trinajstić information content (AvgIpc) is 3.16. The SMILES string of the molecule is COc1ccc(N2C(=O)CSC2c2ccc(NC(=O)c3ccc(C)cc3)cc2)cc1. The van der Waals surface area contributed by atoms with Crippen molar-refractivity contribution in [3.05, 3.63) is 89.5 Å². The Morgan fingerprint density at radius 3 is 2.30 bits per heavy atom. The van der Waals surface area contributed by atoms with Crippen molar-refractivity contribution in [3.63, 3.8) is 0 Å². The van der Waals surface area contributed by atoms with Crippen LogP contribution in [-0.4, -0.2) is 24.7 Å². The van der Waals surface area contributed by atoms with Crippen molar-refractivity contribution >= 4 is 35.0 Å². The molecule has 1 unspecified atom stereocenters. The number of nitrogens with zero attached hydrogens (tertiary/aromatic N) is 1. The van der Waals surface area contributed by atoms with Crippen LogP contribution in [0.3, 0.4) is 0 Å². The number of ether oxygens (including phenoxy) is 1. The van der Waals surface area contributed by atoms with Gasteiger partial charge in [-0.15, -0.1) is 11.8 Å². The minimum Gasteiger partial charge on any atom is -0.497 e. The van der Waals surface area contributed by atoms with Crippen LogP contribution in [0.15, 0.2) is 72.8 Å². The van der Waals surface area contributed by atoms with Gasteiger partial charge in [0.25, 0.3) is 5.91 Å². The van der Waals surface area contributed by atoms with Crippen molar-refractivity contribution in [2.45, 2.75) is 12.3 Å². The van der Waals surface area contributed by atoms with Crippen molar-refractivity contribution in [1.29, 1.82) is 0 Å². The molecule has 3 aromatic rings. The normalized spacial score (nSPS) is 15.9. The van der Waals surface area contributed by atoms with Gasteiger partial charge in [0, 0.05) is 16.9 Å². The summed E-state index contributed by atoms with van der Waals surface area (Å²) in [6.45, 7) is 1.99. The highest BCUT2D eigenvalue weighted by Gasteiger charge is 2.34. The second-order valence-corrected chi connectivity index (χ2v) is 8.14. The van der Waals surface area contributed by atoms with Gasteiger partial charge in [0.2, 0.25) is 5.91 Å². The van der Waals surface area contributed by atoms with E-state index in [0.29, 0.717) is 11.3 Å². The molecule has 0 aliphatic carbocycles. The molecule has 6 heteroatoms. The number of amides is 2. The molecule has 30 heavy (non-hydrogen) atoms. The highest BCUT2D eigenvalue weighted by Crippen LogP contribution is 2.42. The van der Waals surface area contributed by atoms with Gasteiger partial charge in [-0.25, -0.2) is 0 Å². The lowest BCUT2D eigenvalue weighted by atomic mass is 10.1. The number of carbonyl (C=O) groups excluding carboxylic acids is 2. The molecule has 1 aliphatic rings. The Hall–Kier alpha value is -3.25. The van der Waals surface area contributed by atoms with E-state index < -0.39 is 0 Å². The summed E-state index contributed by atoms with van der Waals surface area (Å²) in [7, 11) is 1.62. The van der Waals surface area contributed by atoms with Gasteiger partial charge in [-0.3, -0.25) is 14.5 Å². The molecular formula is C24H22N2O3S. The lowest BCUT2D eigenvalue weighted by Crippen LogP contribution is -2.27. The van der Waals surface area contributed by atoms with Crippen molar-refractivity contribution in [3.8, 4) is 5.75 Å². The second kappa shape index (κ2) is 8.63. The van der Waals surface area contributed by atoms with E-state index in [1.807, 2.05) is 84.6 Å². The Kier molecular flexibility index (Phi) is 5.77. The molecule has 0 saturated carbocycles. The molecule has 5 nitrogen and oxygen atoms in total. The van der Waals surface area contributed by atoms with E-state index in [-0.39, 0.29) is 17.2 Å². The third kappa shape index (κ3) is 4.19. The number of rotatable bonds is 5. The summed E-state index contributed by atoms with van der Waals surface area (Å²) in [6.07, 6.45) is 0. The van der Waals surface area contributed by atoms with Crippen molar-refractivity contribution in [2.24, 2.45) is 0 Å². The maximum absolute atomic E-state index is 12.5. The Balaban J connectivity index is 1.50. The summed E-state index contributed by atoms with van der Waals surface area (Å²) in [6, 6.07) is 22.6. The van der Waals surface area contributed by atoms with E-state index in [2.05, 4.69) is 5.32 Å². The van der Waals surface area contributed by atoms with Crippen LogP contribution in [0.2, 0.25) is 0 Å². The van der Waals surface area contributed by atoms with Crippen LogP contribution in [0.5, 0.6) is 5.75 Å². The van der Waals surface area contributed by atoms with Gasteiger partial charge in [0.05, 0.1) is 12.9 Å². The molecule has 0 radical (unpaired) electrons. The summed E-state index contributed by atoms with van der Waals surface area (Å²) in [5, 5.41) is 2.82. The average molecular weight is 419 g/mol. The quantitative estimate of drug-likeness (QED) is 0.631. The summed E-state index contributed by atoms with van der Waals surface area (Å²) in [5.74, 6) is 1.12. The number of hydrogen-bond donors (Lipinski definition) is 1. The zero-order valence-corrected chi connectivity index (χ0v) is 17.6. The van der Waals surface area contributed by atoms with Gasteiger partial charge in [0.1, 0.15) is 11.1 Å². The third-order valence-corrected chi connectivity index (χ3v) is 6.20. The Bertz CT molecular complexity index is 1050. The molecular weight excluding hydrogens is 396 g/mol. The minimum atomic E-state index is -0.145. The van der Waals surface area contributed by atoms with Gasteiger partial charge in [-0.2, -0.15) is 0 Å². The fourth-order valence-corrected chi connectivity index (χ4v) is 4.51. The third-order valence-electron chi connectivity index (χ3n) is 4.99. The predicted octanol–water partition coefficient (Wildman–Crippen LogP) is 5.03. The molecule has 1 saturated heterocycles. The van der Waals surface area contributed by atoms with Crippen LogP contribution in [0, 0.1) is 6.92 Å². The van der Waals surface area contributed by atoms with E-state index in [1.54, 1.807) is 18.9 Å². The number of methoxy groups -OCH3 is 1. The molecule has 1 atom stereocenters. The van der Waals surface area contributed by atoms with Crippen molar-refractivity contribution in [2.75, 3.05) is 23.1 Å². The van der Waals surface area contributed by atoms with E-state index in [4.69, 9.17) is 4.74 Å². The van der Waals surface area contributed by atoms with E-state index in [1.165, 1.54) is 0 Å². The lowest BCUT2D eigenvalue weighted by molar-refractivity contribution is -0.115. The van der Waals surface area contributed by atoms with Crippen molar-refractivity contribution in [1.82, 2.24) is 0 Å². The monoisotopic (exact) mass is 418 g/mol. The maximum atomic E-state index is 12.5. The highest BCUT2D eigenvalue weighted by molar-refractivity contribution is 8.00. The molecule has 4 rings (SSSR count). The van der Waals surface area contributed by atoms with Gasteiger partial charge < -0.3 is 10.1 Å². The van der Waals surface area contributed by atoms with Crippen LogP contribution < -0.4 is 15.0 Å². The van der Waals surface area contributed by atoms with Crippen LogP contribution in [-0.2, 0) is 4.79 Å². The number of nitrogens with one attached hydrogen (secondary N) is 1. The Labute approximate surface area is 180 Å². The molecule has 152 valence electrons. The van der Waals surface area contributed by atoms with Gasteiger partial charge >= 0.3 is 0 Å². The maximum Gasteiger partial charge on any atom is 0.255 e. The molecule has 1 aliphatic heterocycles. The number of thioether (sulfide) groups is 1.